The number of benzene rings is 1. The van der Waals surface area contributed by atoms with Gasteiger partial charge in [0.05, 0.1) is 0 Å². The number of carbonyl (C=O) groups excluding carboxylic acids is 1. The average Bonchev–Trinajstić information content (AvgIpc) is 2.26. The highest BCUT2D eigenvalue weighted by atomic mass is 19.1. The van der Waals surface area contributed by atoms with Crippen LogP contribution in [0, 0.1) is 11.6 Å². The lowest BCUT2D eigenvalue weighted by atomic mass is 10.1. The summed E-state index contributed by atoms with van der Waals surface area (Å²) in [4.78, 5) is 13.6. The van der Waals surface area contributed by atoms with Gasteiger partial charge >= 0.3 is 0 Å². The van der Waals surface area contributed by atoms with Crippen molar-refractivity contribution in [3.8, 4) is 0 Å². The molecule has 1 atom stereocenters. The first-order valence-electron chi connectivity index (χ1n) is 5.55. The van der Waals surface area contributed by atoms with Gasteiger partial charge in [-0.05, 0) is 19.1 Å². The van der Waals surface area contributed by atoms with Crippen molar-refractivity contribution in [3.63, 3.8) is 0 Å². The molecule has 0 aliphatic carbocycles. The van der Waals surface area contributed by atoms with Crippen LogP contribution in [-0.2, 0) is 0 Å². The number of hydrogen-bond donors (Lipinski definition) is 1. The van der Waals surface area contributed by atoms with Crippen LogP contribution < -0.4 is 5.32 Å². The summed E-state index contributed by atoms with van der Waals surface area (Å²) < 4.78 is 26.0. The van der Waals surface area contributed by atoms with Gasteiger partial charge in [0.15, 0.2) is 0 Å². The smallest absolute Gasteiger partial charge is 0.254 e. The molecule has 1 heterocycles. The summed E-state index contributed by atoms with van der Waals surface area (Å²) in [5.74, 6) is -1.77. The number of nitrogens with zero attached hydrogens (tertiary/aromatic N) is 1. The Hall–Kier alpha value is -1.49. The maximum Gasteiger partial charge on any atom is 0.254 e. The van der Waals surface area contributed by atoms with Crippen molar-refractivity contribution in [2.75, 3.05) is 19.6 Å². The third-order valence-corrected chi connectivity index (χ3v) is 2.77. The van der Waals surface area contributed by atoms with Gasteiger partial charge in [-0.1, -0.05) is 0 Å². The highest BCUT2D eigenvalue weighted by Crippen LogP contribution is 2.12. The lowest BCUT2D eigenvalue weighted by Gasteiger charge is -2.31. The molecule has 1 aromatic carbocycles. The zero-order valence-corrected chi connectivity index (χ0v) is 9.54. The van der Waals surface area contributed by atoms with Gasteiger partial charge in [0.1, 0.15) is 11.6 Å². The SMILES string of the molecule is C[C@@H]1CN(C(=O)c2cc(F)cc(F)c2)CCN1. The Morgan fingerprint density at radius 3 is 2.59 bits per heavy atom. The number of nitrogens with one attached hydrogen (secondary N) is 1. The van der Waals surface area contributed by atoms with Gasteiger partial charge in [-0.25, -0.2) is 8.78 Å². The lowest BCUT2D eigenvalue weighted by molar-refractivity contribution is 0.0708. The summed E-state index contributed by atoms with van der Waals surface area (Å²) in [5, 5.41) is 3.20. The summed E-state index contributed by atoms with van der Waals surface area (Å²) in [7, 11) is 0. The Bertz CT molecular complexity index is 416. The molecule has 0 spiro atoms. The molecule has 0 unspecified atom stereocenters. The van der Waals surface area contributed by atoms with Gasteiger partial charge in [-0.3, -0.25) is 4.79 Å². The highest BCUT2D eigenvalue weighted by Gasteiger charge is 2.22. The van der Waals surface area contributed by atoms with Crippen LogP contribution in [0.1, 0.15) is 17.3 Å². The van der Waals surface area contributed by atoms with E-state index in [0.717, 1.165) is 18.2 Å². The molecule has 17 heavy (non-hydrogen) atoms. The Balaban J connectivity index is 2.18. The van der Waals surface area contributed by atoms with Crippen molar-refractivity contribution in [1.29, 1.82) is 0 Å². The molecular formula is C12H14F2N2O. The van der Waals surface area contributed by atoms with Crippen molar-refractivity contribution in [1.82, 2.24) is 10.2 Å². The molecule has 1 N–H and O–H groups in total. The second-order valence-electron chi connectivity index (χ2n) is 4.26. The van der Waals surface area contributed by atoms with Crippen LogP contribution in [0.25, 0.3) is 0 Å². The number of amides is 1. The summed E-state index contributed by atoms with van der Waals surface area (Å²) in [6.07, 6.45) is 0. The van der Waals surface area contributed by atoms with Crippen LogP contribution in [0.5, 0.6) is 0 Å². The molecule has 1 aliphatic rings. The maximum absolute atomic E-state index is 13.0. The number of halogens is 2. The van der Waals surface area contributed by atoms with Gasteiger partial charge in [0, 0.05) is 37.3 Å². The van der Waals surface area contributed by atoms with Crippen molar-refractivity contribution < 1.29 is 13.6 Å². The third kappa shape index (κ3) is 2.79. The minimum absolute atomic E-state index is 0.0663. The Kier molecular flexibility index (Phi) is 3.38. The van der Waals surface area contributed by atoms with E-state index in [9.17, 15) is 13.6 Å². The van der Waals surface area contributed by atoms with Crippen LogP contribution >= 0.6 is 0 Å². The Morgan fingerprint density at radius 2 is 2.00 bits per heavy atom. The molecule has 5 heteroatoms. The average molecular weight is 240 g/mol. The Labute approximate surface area is 98.4 Å². The number of piperazine rings is 1. The van der Waals surface area contributed by atoms with E-state index in [4.69, 9.17) is 0 Å². The summed E-state index contributed by atoms with van der Waals surface area (Å²) in [6.45, 7) is 3.77. The first kappa shape index (κ1) is 12.0. The molecular weight excluding hydrogens is 226 g/mol. The molecule has 0 saturated carbocycles. The number of hydrogen-bond acceptors (Lipinski definition) is 2. The van der Waals surface area contributed by atoms with E-state index in [1.54, 1.807) is 4.90 Å². The maximum atomic E-state index is 13.0. The highest BCUT2D eigenvalue weighted by molar-refractivity contribution is 5.94. The van der Waals surface area contributed by atoms with Crippen molar-refractivity contribution in [3.05, 3.63) is 35.4 Å². The van der Waals surface area contributed by atoms with E-state index in [1.165, 1.54) is 0 Å². The van der Waals surface area contributed by atoms with Crippen LogP contribution in [0.3, 0.4) is 0 Å². The molecule has 2 rings (SSSR count). The predicted molar refractivity (Wildman–Crippen MR) is 59.7 cm³/mol. The molecule has 1 saturated heterocycles. The minimum atomic E-state index is -0.725. The van der Waals surface area contributed by atoms with Crippen LogP contribution in [-0.4, -0.2) is 36.5 Å². The summed E-state index contributed by atoms with van der Waals surface area (Å²) in [5.41, 5.74) is 0.0663. The molecule has 0 bridgehead atoms. The van der Waals surface area contributed by atoms with Crippen LogP contribution in [0.15, 0.2) is 18.2 Å². The molecule has 92 valence electrons. The van der Waals surface area contributed by atoms with Crippen LogP contribution in [0.4, 0.5) is 8.78 Å². The quantitative estimate of drug-likeness (QED) is 0.804. The fourth-order valence-electron chi connectivity index (χ4n) is 1.98. The van der Waals surface area contributed by atoms with E-state index in [0.29, 0.717) is 19.6 Å². The lowest BCUT2D eigenvalue weighted by Crippen LogP contribution is -2.51. The van der Waals surface area contributed by atoms with E-state index in [-0.39, 0.29) is 17.5 Å². The monoisotopic (exact) mass is 240 g/mol. The Morgan fingerprint density at radius 1 is 1.35 bits per heavy atom. The second kappa shape index (κ2) is 4.79. The first-order chi connectivity index (χ1) is 8.06. The predicted octanol–water partition coefficient (Wildman–Crippen LogP) is 1.40. The number of rotatable bonds is 1. The van der Waals surface area contributed by atoms with E-state index in [1.807, 2.05) is 6.92 Å². The van der Waals surface area contributed by atoms with Gasteiger partial charge in [0.2, 0.25) is 0 Å². The first-order valence-corrected chi connectivity index (χ1v) is 5.55. The zero-order valence-electron chi connectivity index (χ0n) is 9.54. The van der Waals surface area contributed by atoms with Gasteiger partial charge in [-0.15, -0.1) is 0 Å². The fraction of sp³-hybridized carbons (Fsp3) is 0.417. The normalized spacial score (nSPS) is 20.4. The van der Waals surface area contributed by atoms with Crippen molar-refractivity contribution in [2.24, 2.45) is 0 Å². The molecule has 3 nitrogen and oxygen atoms in total. The van der Waals surface area contributed by atoms with E-state index in [2.05, 4.69) is 5.32 Å². The minimum Gasteiger partial charge on any atom is -0.336 e. The standard InChI is InChI=1S/C12H14F2N2O/c1-8-7-16(3-2-15-8)12(17)9-4-10(13)6-11(14)5-9/h4-6,8,15H,2-3,7H2,1H3/t8-/m1/s1. The molecule has 1 fully saturated rings. The molecule has 1 aromatic rings. The molecule has 0 radical (unpaired) electrons. The van der Waals surface area contributed by atoms with E-state index >= 15 is 0 Å². The number of carbonyl (C=O) groups is 1. The van der Waals surface area contributed by atoms with Gasteiger partial charge in [-0.2, -0.15) is 0 Å². The van der Waals surface area contributed by atoms with Gasteiger partial charge in [0.25, 0.3) is 5.91 Å². The zero-order chi connectivity index (χ0) is 12.4. The molecule has 0 aromatic heterocycles. The van der Waals surface area contributed by atoms with Gasteiger partial charge < -0.3 is 10.2 Å². The molecule has 1 aliphatic heterocycles. The summed E-state index contributed by atoms with van der Waals surface area (Å²) >= 11 is 0. The molecule has 1 amide bonds. The third-order valence-electron chi connectivity index (χ3n) is 2.77. The van der Waals surface area contributed by atoms with E-state index < -0.39 is 11.6 Å². The topological polar surface area (TPSA) is 32.3 Å². The fourth-order valence-corrected chi connectivity index (χ4v) is 1.98. The summed E-state index contributed by atoms with van der Waals surface area (Å²) in [6, 6.07) is 3.10. The van der Waals surface area contributed by atoms with Crippen molar-refractivity contribution >= 4 is 5.91 Å². The largest absolute Gasteiger partial charge is 0.336 e. The second-order valence-corrected chi connectivity index (χ2v) is 4.26. The van der Waals surface area contributed by atoms with Crippen LogP contribution in [0.2, 0.25) is 0 Å². The van der Waals surface area contributed by atoms with Crippen molar-refractivity contribution in [2.45, 2.75) is 13.0 Å².